The highest BCUT2D eigenvalue weighted by molar-refractivity contribution is 14.0. The second kappa shape index (κ2) is 9.58. The fraction of sp³-hybridized carbons (Fsp3) is 0.786. The van der Waals surface area contributed by atoms with Crippen molar-refractivity contribution in [1.82, 2.24) is 15.5 Å². The molecule has 1 aliphatic rings. The first-order valence-electron chi connectivity index (χ1n) is 6.87. The minimum absolute atomic E-state index is 0. The first kappa shape index (κ1) is 18.7. The summed E-state index contributed by atoms with van der Waals surface area (Å²) in [6, 6.07) is 0. The Morgan fingerprint density at radius 3 is 2.37 bits per heavy atom. The minimum atomic E-state index is 0. The summed E-state index contributed by atoms with van der Waals surface area (Å²) in [4.78, 5) is 6.60. The van der Waals surface area contributed by atoms with Crippen molar-refractivity contribution in [2.45, 2.75) is 37.6 Å². The molecule has 0 spiro atoms. The predicted octanol–water partition coefficient (Wildman–Crippen LogP) is 2.22. The highest BCUT2D eigenvalue weighted by Gasteiger charge is 2.34. The quantitative estimate of drug-likeness (QED) is 0.333. The number of halogens is 1. The largest absolute Gasteiger partial charge is 0.355 e. The van der Waals surface area contributed by atoms with Crippen LogP contribution in [0, 0.1) is 0 Å². The van der Waals surface area contributed by atoms with E-state index in [9.17, 15) is 0 Å². The molecule has 1 rings (SSSR count). The standard InChI is InChI=1S/C14H28N4.HI/c1-5-11-16-13(15-2)17-12-14(18(3)4)9-7-6-8-10-14;/h5H,1,6-12H2,2-4H3,(H2,15,16,17);1H. The molecule has 0 atom stereocenters. The third-order valence-corrected chi connectivity index (χ3v) is 3.96. The Balaban J connectivity index is 0.00000324. The van der Waals surface area contributed by atoms with Gasteiger partial charge in [-0.25, -0.2) is 0 Å². The number of rotatable bonds is 5. The average molecular weight is 380 g/mol. The van der Waals surface area contributed by atoms with E-state index in [0.29, 0.717) is 0 Å². The summed E-state index contributed by atoms with van der Waals surface area (Å²) >= 11 is 0. The van der Waals surface area contributed by atoms with Crippen LogP contribution in [0.25, 0.3) is 0 Å². The molecule has 1 saturated carbocycles. The zero-order chi connectivity index (χ0) is 13.4. The van der Waals surface area contributed by atoms with Crippen LogP contribution in [0.1, 0.15) is 32.1 Å². The number of hydrogen-bond acceptors (Lipinski definition) is 2. The van der Waals surface area contributed by atoms with Gasteiger partial charge in [-0.05, 0) is 26.9 Å². The molecule has 5 heteroatoms. The van der Waals surface area contributed by atoms with Gasteiger partial charge in [-0.15, -0.1) is 30.6 Å². The molecule has 19 heavy (non-hydrogen) atoms. The Hall–Kier alpha value is -0.300. The van der Waals surface area contributed by atoms with Gasteiger partial charge in [0.15, 0.2) is 5.96 Å². The van der Waals surface area contributed by atoms with Crippen LogP contribution in [-0.4, -0.2) is 50.6 Å². The molecule has 0 radical (unpaired) electrons. The van der Waals surface area contributed by atoms with E-state index >= 15 is 0 Å². The lowest BCUT2D eigenvalue weighted by Crippen LogP contribution is -2.55. The van der Waals surface area contributed by atoms with Crippen molar-refractivity contribution in [3.05, 3.63) is 12.7 Å². The van der Waals surface area contributed by atoms with Crippen LogP contribution in [0.5, 0.6) is 0 Å². The van der Waals surface area contributed by atoms with Gasteiger partial charge in [-0.1, -0.05) is 25.3 Å². The molecule has 0 aromatic heterocycles. The van der Waals surface area contributed by atoms with Crippen molar-refractivity contribution in [2.24, 2.45) is 4.99 Å². The highest BCUT2D eigenvalue weighted by Crippen LogP contribution is 2.31. The van der Waals surface area contributed by atoms with Gasteiger partial charge in [0.1, 0.15) is 0 Å². The molecular weight excluding hydrogens is 351 g/mol. The first-order valence-corrected chi connectivity index (χ1v) is 6.87. The molecule has 4 nitrogen and oxygen atoms in total. The van der Waals surface area contributed by atoms with Crippen LogP contribution >= 0.6 is 24.0 Å². The van der Waals surface area contributed by atoms with E-state index in [1.165, 1.54) is 32.1 Å². The molecule has 2 N–H and O–H groups in total. The minimum Gasteiger partial charge on any atom is -0.355 e. The van der Waals surface area contributed by atoms with E-state index in [-0.39, 0.29) is 29.5 Å². The molecule has 0 aromatic rings. The van der Waals surface area contributed by atoms with Gasteiger partial charge in [0.2, 0.25) is 0 Å². The molecule has 1 aliphatic carbocycles. The number of hydrogen-bond donors (Lipinski definition) is 2. The van der Waals surface area contributed by atoms with Crippen molar-refractivity contribution in [2.75, 3.05) is 34.2 Å². The first-order chi connectivity index (χ1) is 8.64. The van der Waals surface area contributed by atoms with Gasteiger partial charge >= 0.3 is 0 Å². The highest BCUT2D eigenvalue weighted by atomic mass is 127. The van der Waals surface area contributed by atoms with E-state index in [4.69, 9.17) is 0 Å². The second-order valence-electron chi connectivity index (χ2n) is 5.27. The molecule has 0 aromatic carbocycles. The van der Waals surface area contributed by atoms with Gasteiger partial charge < -0.3 is 15.5 Å². The lowest BCUT2D eigenvalue weighted by Gasteiger charge is -2.43. The maximum Gasteiger partial charge on any atom is 0.191 e. The van der Waals surface area contributed by atoms with Gasteiger partial charge in [0.25, 0.3) is 0 Å². The van der Waals surface area contributed by atoms with Crippen molar-refractivity contribution in [3.8, 4) is 0 Å². The Morgan fingerprint density at radius 2 is 1.89 bits per heavy atom. The molecule has 0 heterocycles. The zero-order valence-electron chi connectivity index (χ0n) is 12.5. The van der Waals surface area contributed by atoms with E-state index in [2.05, 4.69) is 41.2 Å². The van der Waals surface area contributed by atoms with Crippen molar-refractivity contribution >= 4 is 29.9 Å². The van der Waals surface area contributed by atoms with E-state index < -0.39 is 0 Å². The SMILES string of the molecule is C=CCNC(=NC)NCC1(N(C)C)CCCCC1.I. The Bertz CT molecular complexity index is 283. The number of nitrogens with one attached hydrogen (secondary N) is 2. The van der Waals surface area contributed by atoms with Gasteiger partial charge in [-0.3, -0.25) is 4.99 Å². The summed E-state index contributed by atoms with van der Waals surface area (Å²) in [6.07, 6.45) is 8.42. The van der Waals surface area contributed by atoms with Crippen molar-refractivity contribution < 1.29 is 0 Å². The van der Waals surface area contributed by atoms with Crippen LogP contribution in [0.15, 0.2) is 17.6 Å². The predicted molar refractivity (Wildman–Crippen MR) is 94.5 cm³/mol. The molecule has 0 aliphatic heterocycles. The molecule has 1 fully saturated rings. The zero-order valence-corrected chi connectivity index (χ0v) is 14.9. The molecular formula is C14H29IN4. The fourth-order valence-corrected chi connectivity index (χ4v) is 2.63. The van der Waals surface area contributed by atoms with Gasteiger partial charge in [0.05, 0.1) is 0 Å². The van der Waals surface area contributed by atoms with Gasteiger partial charge in [-0.2, -0.15) is 0 Å². The molecule has 112 valence electrons. The summed E-state index contributed by atoms with van der Waals surface area (Å²) in [7, 11) is 6.18. The van der Waals surface area contributed by atoms with Gasteiger partial charge in [0, 0.05) is 25.7 Å². The Kier molecular flexibility index (Phi) is 9.43. The monoisotopic (exact) mass is 380 g/mol. The summed E-state index contributed by atoms with van der Waals surface area (Å²) < 4.78 is 0. The smallest absolute Gasteiger partial charge is 0.191 e. The third kappa shape index (κ3) is 5.69. The van der Waals surface area contributed by atoms with Crippen LogP contribution in [0.2, 0.25) is 0 Å². The molecule has 0 unspecified atom stereocenters. The van der Waals surface area contributed by atoms with Crippen LogP contribution in [-0.2, 0) is 0 Å². The number of likely N-dealkylation sites (N-methyl/N-ethyl adjacent to an activating group) is 1. The summed E-state index contributed by atoms with van der Waals surface area (Å²) in [5.41, 5.74) is 0.282. The fourth-order valence-electron chi connectivity index (χ4n) is 2.63. The maximum absolute atomic E-state index is 4.23. The Morgan fingerprint density at radius 1 is 1.26 bits per heavy atom. The normalized spacial score (nSPS) is 18.6. The van der Waals surface area contributed by atoms with Crippen LogP contribution < -0.4 is 10.6 Å². The number of guanidine groups is 1. The van der Waals surface area contributed by atoms with E-state index in [0.717, 1.165) is 19.0 Å². The maximum atomic E-state index is 4.23. The van der Waals surface area contributed by atoms with E-state index in [1.54, 1.807) is 0 Å². The Labute approximate surface area is 135 Å². The summed E-state index contributed by atoms with van der Waals surface area (Å²) in [6.45, 7) is 5.41. The topological polar surface area (TPSA) is 39.7 Å². The number of aliphatic imine (C=N–C) groups is 1. The van der Waals surface area contributed by atoms with Crippen LogP contribution in [0.4, 0.5) is 0 Å². The molecule has 0 bridgehead atoms. The summed E-state index contributed by atoms with van der Waals surface area (Å²) in [5.74, 6) is 0.863. The molecule has 0 saturated heterocycles. The van der Waals surface area contributed by atoms with Crippen LogP contribution in [0.3, 0.4) is 0 Å². The lowest BCUT2D eigenvalue weighted by atomic mass is 9.80. The molecule has 0 amide bonds. The summed E-state index contributed by atoms with van der Waals surface area (Å²) in [5, 5.41) is 6.66. The number of nitrogens with zero attached hydrogens (tertiary/aromatic N) is 2. The third-order valence-electron chi connectivity index (χ3n) is 3.96. The second-order valence-corrected chi connectivity index (χ2v) is 5.27. The van der Waals surface area contributed by atoms with Crippen molar-refractivity contribution in [1.29, 1.82) is 0 Å². The lowest BCUT2D eigenvalue weighted by molar-refractivity contribution is 0.104. The van der Waals surface area contributed by atoms with Crippen molar-refractivity contribution in [3.63, 3.8) is 0 Å². The van der Waals surface area contributed by atoms with E-state index in [1.807, 2.05) is 13.1 Å². The average Bonchev–Trinajstić information content (AvgIpc) is 2.40.